The minimum Gasteiger partial charge on any atom is -0.497 e. The van der Waals surface area contributed by atoms with Crippen LogP contribution in [-0.2, 0) is 14.3 Å². The fraction of sp³-hybridized carbons (Fsp3) is 0.542. The molecule has 0 atom stereocenters. The van der Waals surface area contributed by atoms with Gasteiger partial charge in [0.15, 0.2) is 0 Å². The number of thioether (sulfide) groups is 1. The molecule has 2 aliphatic heterocycles. The van der Waals surface area contributed by atoms with Gasteiger partial charge in [0.1, 0.15) is 10.1 Å². The first-order chi connectivity index (χ1) is 16.1. The topological polar surface area (TPSA) is 71.1 Å². The van der Waals surface area contributed by atoms with Crippen molar-refractivity contribution in [3.8, 4) is 5.75 Å². The number of ether oxygens (including phenoxy) is 2. The van der Waals surface area contributed by atoms with E-state index in [9.17, 15) is 9.59 Å². The number of carbonyl (C=O) groups is 2. The summed E-state index contributed by atoms with van der Waals surface area (Å²) in [7, 11) is 1.63. The van der Waals surface area contributed by atoms with E-state index in [4.69, 9.17) is 21.7 Å². The van der Waals surface area contributed by atoms with Crippen molar-refractivity contribution in [3.05, 3.63) is 34.7 Å². The number of carbonyl (C=O) groups excluding carboxylic acids is 2. The van der Waals surface area contributed by atoms with Crippen LogP contribution in [0.5, 0.6) is 5.75 Å². The maximum Gasteiger partial charge on any atom is 0.266 e. The van der Waals surface area contributed by atoms with E-state index in [-0.39, 0.29) is 11.8 Å². The molecule has 2 amide bonds. The summed E-state index contributed by atoms with van der Waals surface area (Å²) in [5.41, 5.74) is 0.937. The standard InChI is InChI=1S/C24H33N3O4S2/c1-30-20-9-7-19(8-10-20)18-21-23(29)27(24(32)33-21)13-4-2-3-6-22(28)25-11-5-12-26-14-16-31-17-15-26/h7-10,18H,2-6,11-17H2,1H3,(H,25,28). The van der Waals surface area contributed by atoms with E-state index in [1.165, 1.54) is 11.8 Å². The van der Waals surface area contributed by atoms with E-state index in [2.05, 4.69) is 10.2 Å². The van der Waals surface area contributed by atoms with Crippen molar-refractivity contribution in [2.75, 3.05) is 53.0 Å². The molecule has 0 spiro atoms. The average Bonchev–Trinajstić information content (AvgIpc) is 3.10. The molecule has 7 nitrogen and oxygen atoms in total. The fourth-order valence-corrected chi connectivity index (χ4v) is 5.03. The number of nitrogens with zero attached hydrogens (tertiary/aromatic N) is 2. The summed E-state index contributed by atoms with van der Waals surface area (Å²) in [5.74, 6) is 0.838. The third-order valence-electron chi connectivity index (χ3n) is 5.65. The van der Waals surface area contributed by atoms with Gasteiger partial charge in [-0.05, 0) is 49.6 Å². The predicted molar refractivity (Wildman–Crippen MR) is 136 cm³/mol. The van der Waals surface area contributed by atoms with Gasteiger partial charge < -0.3 is 14.8 Å². The summed E-state index contributed by atoms with van der Waals surface area (Å²) in [5, 5.41) is 3.00. The highest BCUT2D eigenvalue weighted by Gasteiger charge is 2.31. The zero-order valence-electron chi connectivity index (χ0n) is 19.2. The van der Waals surface area contributed by atoms with E-state index in [1.807, 2.05) is 30.3 Å². The number of morpholine rings is 1. The molecule has 0 radical (unpaired) electrons. The lowest BCUT2D eigenvalue weighted by Crippen LogP contribution is -2.38. The van der Waals surface area contributed by atoms with Crippen LogP contribution in [0.4, 0.5) is 0 Å². The van der Waals surface area contributed by atoms with Crippen molar-refractivity contribution in [3.63, 3.8) is 0 Å². The van der Waals surface area contributed by atoms with Crippen molar-refractivity contribution in [2.45, 2.75) is 32.1 Å². The first kappa shape index (κ1) is 25.7. The Morgan fingerprint density at radius 2 is 1.91 bits per heavy atom. The second-order valence-electron chi connectivity index (χ2n) is 8.07. The molecule has 1 aromatic rings. The van der Waals surface area contributed by atoms with Gasteiger partial charge in [0.05, 0.1) is 25.2 Å². The molecule has 2 saturated heterocycles. The number of amides is 2. The Bertz CT molecular complexity index is 839. The second kappa shape index (κ2) is 13.7. The van der Waals surface area contributed by atoms with Crippen LogP contribution in [0.2, 0.25) is 0 Å². The SMILES string of the molecule is COc1ccc(C=C2SC(=S)N(CCCCCC(=O)NCCCN3CCOCC3)C2=O)cc1. The Morgan fingerprint density at radius 3 is 2.64 bits per heavy atom. The minimum atomic E-state index is -0.0428. The molecule has 9 heteroatoms. The first-order valence-corrected chi connectivity index (χ1v) is 12.8. The zero-order chi connectivity index (χ0) is 23.5. The average molecular weight is 492 g/mol. The number of rotatable bonds is 12. The van der Waals surface area contributed by atoms with Gasteiger partial charge in [0, 0.05) is 32.6 Å². The largest absolute Gasteiger partial charge is 0.497 e. The van der Waals surface area contributed by atoms with Crippen LogP contribution in [-0.4, -0.2) is 79.0 Å². The maximum absolute atomic E-state index is 12.7. The van der Waals surface area contributed by atoms with E-state index in [0.717, 1.165) is 69.8 Å². The summed E-state index contributed by atoms with van der Waals surface area (Å²) in [6, 6.07) is 7.57. The third-order valence-corrected chi connectivity index (χ3v) is 7.03. The van der Waals surface area contributed by atoms with Gasteiger partial charge in [0.25, 0.3) is 5.91 Å². The molecule has 1 aromatic carbocycles. The normalized spacial score (nSPS) is 18.2. The number of unbranched alkanes of at least 4 members (excludes halogenated alkanes) is 2. The fourth-order valence-electron chi connectivity index (χ4n) is 3.72. The van der Waals surface area contributed by atoms with Crippen molar-refractivity contribution in [1.82, 2.24) is 15.1 Å². The van der Waals surface area contributed by atoms with Gasteiger partial charge in [-0.25, -0.2) is 0 Å². The molecule has 0 saturated carbocycles. The molecule has 33 heavy (non-hydrogen) atoms. The Labute approximate surface area is 205 Å². The Balaban J connectivity index is 1.29. The van der Waals surface area contributed by atoms with Gasteiger partial charge in [0.2, 0.25) is 5.91 Å². The van der Waals surface area contributed by atoms with Crippen LogP contribution in [0.15, 0.2) is 29.2 Å². The lowest BCUT2D eigenvalue weighted by molar-refractivity contribution is -0.122. The predicted octanol–water partition coefficient (Wildman–Crippen LogP) is 3.30. The molecule has 0 aromatic heterocycles. The molecule has 0 aliphatic carbocycles. The van der Waals surface area contributed by atoms with Gasteiger partial charge in [-0.2, -0.15) is 0 Å². The minimum absolute atomic E-state index is 0.0428. The number of hydrogen-bond donors (Lipinski definition) is 1. The molecule has 0 bridgehead atoms. The van der Waals surface area contributed by atoms with Gasteiger partial charge in [-0.3, -0.25) is 19.4 Å². The first-order valence-electron chi connectivity index (χ1n) is 11.5. The molecule has 0 unspecified atom stereocenters. The Kier molecular flexibility index (Phi) is 10.7. The summed E-state index contributed by atoms with van der Waals surface area (Å²) in [4.78, 5) is 29.4. The van der Waals surface area contributed by atoms with E-state index in [1.54, 1.807) is 12.0 Å². The monoisotopic (exact) mass is 491 g/mol. The highest BCUT2D eigenvalue weighted by molar-refractivity contribution is 8.26. The highest BCUT2D eigenvalue weighted by atomic mass is 32.2. The third kappa shape index (κ3) is 8.41. The van der Waals surface area contributed by atoms with Crippen molar-refractivity contribution in [2.24, 2.45) is 0 Å². The van der Waals surface area contributed by atoms with Gasteiger partial charge in [-0.1, -0.05) is 42.5 Å². The molecule has 1 N–H and O–H groups in total. The molecular weight excluding hydrogens is 458 g/mol. The van der Waals surface area contributed by atoms with Crippen LogP contribution in [0, 0.1) is 0 Å². The molecule has 3 rings (SSSR count). The number of nitrogens with one attached hydrogen (secondary N) is 1. The second-order valence-corrected chi connectivity index (χ2v) is 9.75. The van der Waals surface area contributed by atoms with E-state index >= 15 is 0 Å². The van der Waals surface area contributed by atoms with Crippen LogP contribution in [0.25, 0.3) is 6.08 Å². The lowest BCUT2D eigenvalue weighted by atomic mass is 10.1. The zero-order valence-corrected chi connectivity index (χ0v) is 20.8. The van der Waals surface area contributed by atoms with Crippen LogP contribution in [0.1, 0.15) is 37.7 Å². The van der Waals surface area contributed by atoms with Crippen molar-refractivity contribution < 1.29 is 19.1 Å². The summed E-state index contributed by atoms with van der Waals surface area (Å²) in [6.45, 7) is 5.87. The quantitative estimate of drug-likeness (QED) is 0.273. The Hall–Kier alpha value is -1.94. The van der Waals surface area contributed by atoms with E-state index < -0.39 is 0 Å². The smallest absolute Gasteiger partial charge is 0.266 e. The number of thiocarbonyl (C=S) groups is 1. The number of hydrogen-bond acceptors (Lipinski definition) is 7. The molecule has 2 aliphatic rings. The maximum atomic E-state index is 12.7. The van der Waals surface area contributed by atoms with E-state index in [0.29, 0.717) is 28.7 Å². The Morgan fingerprint density at radius 1 is 1.15 bits per heavy atom. The number of benzene rings is 1. The van der Waals surface area contributed by atoms with Crippen LogP contribution < -0.4 is 10.1 Å². The highest BCUT2D eigenvalue weighted by Crippen LogP contribution is 2.33. The summed E-state index contributed by atoms with van der Waals surface area (Å²) < 4.78 is 11.1. The van der Waals surface area contributed by atoms with Crippen LogP contribution in [0.3, 0.4) is 0 Å². The summed E-state index contributed by atoms with van der Waals surface area (Å²) in [6.07, 6.45) is 5.87. The van der Waals surface area contributed by atoms with Gasteiger partial charge in [-0.15, -0.1) is 0 Å². The molecule has 2 fully saturated rings. The van der Waals surface area contributed by atoms with Crippen molar-refractivity contribution in [1.29, 1.82) is 0 Å². The molecule has 2 heterocycles. The lowest BCUT2D eigenvalue weighted by Gasteiger charge is -2.26. The molecular formula is C24H33N3O4S2. The summed E-state index contributed by atoms with van der Waals surface area (Å²) >= 11 is 6.75. The van der Waals surface area contributed by atoms with Gasteiger partial charge >= 0.3 is 0 Å². The molecule has 180 valence electrons. The van der Waals surface area contributed by atoms with Crippen molar-refractivity contribution >= 4 is 46.2 Å². The number of methoxy groups -OCH3 is 1. The van der Waals surface area contributed by atoms with Crippen LogP contribution >= 0.6 is 24.0 Å².